The lowest BCUT2D eigenvalue weighted by Crippen LogP contribution is -2.40. The predicted octanol–water partition coefficient (Wildman–Crippen LogP) is 2.59. The SMILES string of the molecule is CC(C)CCCOC1C=CCP1(=O)N(C(C)O)C(C)O. The largest absolute Gasteiger partial charge is 0.378 e. The van der Waals surface area contributed by atoms with E-state index in [4.69, 9.17) is 4.74 Å². The highest BCUT2D eigenvalue weighted by Gasteiger charge is 2.44. The molecule has 0 radical (unpaired) electrons. The number of hydrogen-bond donors (Lipinski definition) is 2. The second-order valence-electron chi connectivity index (χ2n) is 5.81. The predicted molar refractivity (Wildman–Crippen MR) is 80.6 cm³/mol. The van der Waals surface area contributed by atoms with Gasteiger partial charge < -0.3 is 19.5 Å². The van der Waals surface area contributed by atoms with Gasteiger partial charge >= 0.3 is 0 Å². The summed E-state index contributed by atoms with van der Waals surface area (Å²) in [6.45, 7) is 7.89. The molecule has 0 aromatic rings. The zero-order chi connectivity index (χ0) is 15.3. The van der Waals surface area contributed by atoms with Crippen molar-refractivity contribution in [3.8, 4) is 0 Å². The van der Waals surface area contributed by atoms with E-state index in [1.807, 2.05) is 6.08 Å². The van der Waals surface area contributed by atoms with Crippen LogP contribution >= 0.6 is 7.29 Å². The van der Waals surface area contributed by atoms with Crippen molar-refractivity contribution in [1.82, 2.24) is 4.67 Å². The Hall–Kier alpha value is -0.190. The molecule has 1 aliphatic heterocycles. The Labute approximate surface area is 122 Å². The van der Waals surface area contributed by atoms with Crippen molar-refractivity contribution in [2.45, 2.75) is 58.8 Å². The third kappa shape index (κ3) is 4.40. The summed E-state index contributed by atoms with van der Waals surface area (Å²) in [6.07, 6.45) is 3.98. The van der Waals surface area contributed by atoms with Crippen LogP contribution in [0, 0.1) is 5.92 Å². The average molecular weight is 305 g/mol. The third-order valence-corrected chi connectivity index (χ3v) is 6.74. The molecule has 2 N–H and O–H groups in total. The Balaban J connectivity index is 2.66. The van der Waals surface area contributed by atoms with Crippen molar-refractivity contribution >= 4 is 7.29 Å². The maximum absolute atomic E-state index is 13.1. The van der Waals surface area contributed by atoms with E-state index in [2.05, 4.69) is 13.8 Å². The molecule has 0 amide bonds. The first-order valence-corrected chi connectivity index (χ1v) is 9.22. The van der Waals surface area contributed by atoms with Crippen LogP contribution in [0.4, 0.5) is 0 Å². The van der Waals surface area contributed by atoms with Crippen molar-refractivity contribution in [2.75, 3.05) is 12.8 Å². The minimum absolute atomic E-state index is 0.331. The van der Waals surface area contributed by atoms with Gasteiger partial charge in [-0.25, -0.2) is 0 Å². The van der Waals surface area contributed by atoms with E-state index in [0.717, 1.165) is 12.8 Å². The van der Waals surface area contributed by atoms with Crippen LogP contribution in [0.3, 0.4) is 0 Å². The summed E-state index contributed by atoms with van der Waals surface area (Å²) in [5, 5.41) is 19.6. The molecular formula is C14H28NO4P. The molecule has 1 rings (SSSR count). The molecule has 4 unspecified atom stereocenters. The molecule has 0 saturated heterocycles. The summed E-state index contributed by atoms with van der Waals surface area (Å²) < 4.78 is 20.1. The van der Waals surface area contributed by atoms with E-state index in [0.29, 0.717) is 18.7 Å². The number of aliphatic hydroxyl groups is 2. The molecule has 0 aliphatic carbocycles. The highest BCUT2D eigenvalue weighted by Crippen LogP contribution is 2.59. The molecule has 1 aliphatic rings. The van der Waals surface area contributed by atoms with Crippen LogP contribution in [0.5, 0.6) is 0 Å². The Morgan fingerprint density at radius 2 is 1.90 bits per heavy atom. The van der Waals surface area contributed by atoms with Gasteiger partial charge in [-0.15, -0.1) is 0 Å². The van der Waals surface area contributed by atoms with Gasteiger partial charge in [0.25, 0.3) is 0 Å². The Kier molecular flexibility index (Phi) is 6.89. The first-order chi connectivity index (χ1) is 9.29. The van der Waals surface area contributed by atoms with E-state index in [9.17, 15) is 14.8 Å². The van der Waals surface area contributed by atoms with E-state index in [1.54, 1.807) is 6.08 Å². The molecule has 0 saturated carbocycles. The number of aliphatic hydroxyl groups excluding tert-OH is 2. The maximum atomic E-state index is 13.1. The van der Waals surface area contributed by atoms with Crippen LogP contribution in [-0.2, 0) is 9.30 Å². The number of rotatable bonds is 8. The fourth-order valence-electron chi connectivity index (χ4n) is 2.54. The van der Waals surface area contributed by atoms with Gasteiger partial charge in [0, 0.05) is 12.8 Å². The monoisotopic (exact) mass is 305 g/mol. The first kappa shape index (κ1) is 17.9. The van der Waals surface area contributed by atoms with Gasteiger partial charge in [0.05, 0.1) is 0 Å². The van der Waals surface area contributed by atoms with Crippen LogP contribution in [0.1, 0.15) is 40.5 Å². The summed E-state index contributed by atoms with van der Waals surface area (Å²) in [5.74, 6) is 0.0924. The lowest BCUT2D eigenvalue weighted by molar-refractivity contribution is -0.0304. The summed E-state index contributed by atoms with van der Waals surface area (Å²) in [5.41, 5.74) is 0. The molecule has 4 atom stereocenters. The number of nitrogens with zero attached hydrogens (tertiary/aromatic N) is 1. The van der Waals surface area contributed by atoms with Gasteiger partial charge in [-0.2, -0.15) is 4.67 Å². The normalized spacial score (nSPS) is 29.3. The van der Waals surface area contributed by atoms with Gasteiger partial charge in [0.15, 0.2) is 7.29 Å². The van der Waals surface area contributed by atoms with Gasteiger partial charge in [0.2, 0.25) is 0 Å². The minimum atomic E-state index is -2.97. The Bertz CT molecular complexity index is 360. The highest BCUT2D eigenvalue weighted by molar-refractivity contribution is 7.62. The van der Waals surface area contributed by atoms with E-state index in [1.165, 1.54) is 18.5 Å². The Morgan fingerprint density at radius 3 is 2.40 bits per heavy atom. The molecule has 20 heavy (non-hydrogen) atoms. The second-order valence-corrected chi connectivity index (χ2v) is 8.65. The molecule has 118 valence electrons. The maximum Gasteiger partial charge on any atom is 0.189 e. The zero-order valence-corrected chi connectivity index (χ0v) is 13.8. The number of ether oxygens (including phenoxy) is 1. The van der Waals surface area contributed by atoms with Crippen LogP contribution < -0.4 is 0 Å². The highest BCUT2D eigenvalue weighted by atomic mass is 31.2. The Morgan fingerprint density at radius 1 is 1.30 bits per heavy atom. The smallest absolute Gasteiger partial charge is 0.189 e. The molecule has 0 fully saturated rings. The summed E-state index contributed by atoms with van der Waals surface area (Å²) in [7, 11) is -2.97. The van der Waals surface area contributed by atoms with Crippen molar-refractivity contribution in [3.05, 3.63) is 12.2 Å². The molecule has 0 aromatic heterocycles. The van der Waals surface area contributed by atoms with Crippen molar-refractivity contribution in [1.29, 1.82) is 0 Å². The molecule has 6 heteroatoms. The van der Waals surface area contributed by atoms with Gasteiger partial charge in [-0.1, -0.05) is 26.0 Å². The molecular weight excluding hydrogens is 277 g/mol. The van der Waals surface area contributed by atoms with E-state index in [-0.39, 0.29) is 0 Å². The second kappa shape index (κ2) is 7.71. The summed E-state index contributed by atoms with van der Waals surface area (Å²) in [4.78, 5) is 0. The van der Waals surface area contributed by atoms with Crippen LogP contribution in [0.2, 0.25) is 0 Å². The van der Waals surface area contributed by atoms with Gasteiger partial charge in [-0.05, 0) is 32.6 Å². The quantitative estimate of drug-likeness (QED) is 0.312. The fourth-order valence-corrected chi connectivity index (χ4v) is 5.48. The summed E-state index contributed by atoms with van der Waals surface area (Å²) in [6, 6.07) is 0. The van der Waals surface area contributed by atoms with Gasteiger partial charge in [-0.3, -0.25) is 0 Å². The zero-order valence-electron chi connectivity index (χ0n) is 12.9. The molecule has 0 bridgehead atoms. The molecule has 0 spiro atoms. The van der Waals surface area contributed by atoms with Crippen LogP contribution in [-0.4, -0.2) is 46.0 Å². The first-order valence-electron chi connectivity index (χ1n) is 7.31. The minimum Gasteiger partial charge on any atom is -0.378 e. The third-order valence-electron chi connectivity index (χ3n) is 3.44. The van der Waals surface area contributed by atoms with Crippen LogP contribution in [0.25, 0.3) is 0 Å². The lowest BCUT2D eigenvalue weighted by Gasteiger charge is -2.36. The fraction of sp³-hybridized carbons (Fsp3) is 0.857. The van der Waals surface area contributed by atoms with E-state index < -0.39 is 25.6 Å². The van der Waals surface area contributed by atoms with Crippen molar-refractivity contribution < 1.29 is 19.5 Å². The topological polar surface area (TPSA) is 70.0 Å². The van der Waals surface area contributed by atoms with Crippen molar-refractivity contribution in [2.24, 2.45) is 5.92 Å². The lowest BCUT2D eigenvalue weighted by atomic mass is 10.1. The van der Waals surface area contributed by atoms with Gasteiger partial charge in [0.1, 0.15) is 18.3 Å². The van der Waals surface area contributed by atoms with E-state index >= 15 is 0 Å². The summed E-state index contributed by atoms with van der Waals surface area (Å²) >= 11 is 0. The number of allylic oxidation sites excluding steroid dienone is 1. The number of hydrogen-bond acceptors (Lipinski definition) is 4. The molecule has 1 heterocycles. The standard InChI is InChI=1S/C14H28NO4P/c1-11(2)7-5-9-19-14-8-6-10-20(14,18)15(12(3)16)13(4)17/h6,8,11-14,16-17H,5,7,9-10H2,1-4H3. The van der Waals surface area contributed by atoms with Crippen molar-refractivity contribution in [3.63, 3.8) is 0 Å². The van der Waals surface area contributed by atoms with Crippen LogP contribution in [0.15, 0.2) is 12.2 Å². The molecule has 5 nitrogen and oxygen atoms in total. The molecule has 0 aromatic carbocycles. The average Bonchev–Trinajstić information content (AvgIpc) is 2.65.